The molecule has 0 saturated carbocycles. The molecule has 1 N–H and O–H groups in total. The van der Waals surface area contributed by atoms with E-state index in [-0.39, 0.29) is 4.90 Å². The van der Waals surface area contributed by atoms with Gasteiger partial charge in [0, 0.05) is 6.54 Å². The summed E-state index contributed by atoms with van der Waals surface area (Å²) in [5.41, 5.74) is 1.37. The van der Waals surface area contributed by atoms with Crippen molar-refractivity contribution in [1.29, 1.82) is 0 Å². The maximum atomic E-state index is 13.3. The molecular weight excluding hydrogens is 341 g/mol. The molecule has 25 heavy (non-hydrogen) atoms. The number of halogens is 1. The Balaban J connectivity index is 1.91. The summed E-state index contributed by atoms with van der Waals surface area (Å²) < 4.78 is 46.1. The van der Waals surface area contributed by atoms with Crippen LogP contribution in [0.15, 0.2) is 47.4 Å². The lowest BCUT2D eigenvalue weighted by molar-refractivity contribution is 0.314. The Kier molecular flexibility index (Phi) is 6.96. The van der Waals surface area contributed by atoms with Gasteiger partial charge in [-0.25, -0.2) is 17.5 Å². The fourth-order valence-electron chi connectivity index (χ4n) is 2.42. The number of para-hydroxylation sites is 1. The van der Waals surface area contributed by atoms with Gasteiger partial charge in [-0.1, -0.05) is 25.1 Å². The van der Waals surface area contributed by atoms with Crippen LogP contribution >= 0.6 is 0 Å². The van der Waals surface area contributed by atoms with Gasteiger partial charge in [-0.15, -0.1) is 0 Å². The van der Waals surface area contributed by atoms with Gasteiger partial charge >= 0.3 is 0 Å². The third-order valence-electron chi connectivity index (χ3n) is 3.79. The van der Waals surface area contributed by atoms with Crippen LogP contribution in [-0.4, -0.2) is 21.6 Å². The smallest absolute Gasteiger partial charge is 0.240 e. The van der Waals surface area contributed by atoms with Gasteiger partial charge in [-0.05, 0) is 61.6 Å². The highest BCUT2D eigenvalue weighted by Crippen LogP contribution is 2.20. The number of hydrogen-bond donors (Lipinski definition) is 1. The van der Waals surface area contributed by atoms with E-state index in [2.05, 4.69) is 11.6 Å². The van der Waals surface area contributed by atoms with Crippen LogP contribution in [0.25, 0.3) is 0 Å². The highest BCUT2D eigenvalue weighted by atomic mass is 32.2. The molecule has 4 nitrogen and oxygen atoms in total. The van der Waals surface area contributed by atoms with Crippen molar-refractivity contribution < 1.29 is 17.5 Å². The Morgan fingerprint density at radius 2 is 1.92 bits per heavy atom. The average molecular weight is 365 g/mol. The van der Waals surface area contributed by atoms with Crippen molar-refractivity contribution in [2.75, 3.05) is 13.2 Å². The van der Waals surface area contributed by atoms with Gasteiger partial charge in [-0.3, -0.25) is 0 Å². The van der Waals surface area contributed by atoms with E-state index in [1.165, 1.54) is 18.2 Å². The summed E-state index contributed by atoms with van der Waals surface area (Å²) in [7, 11) is -3.63. The molecule has 6 heteroatoms. The number of aryl methyl sites for hydroxylation is 2. The van der Waals surface area contributed by atoms with E-state index in [1.807, 2.05) is 24.3 Å². The van der Waals surface area contributed by atoms with Crippen molar-refractivity contribution in [2.24, 2.45) is 0 Å². The van der Waals surface area contributed by atoms with Gasteiger partial charge in [0.05, 0.1) is 11.5 Å². The van der Waals surface area contributed by atoms with Crippen molar-refractivity contribution in [3.63, 3.8) is 0 Å². The average Bonchev–Trinajstić information content (AvgIpc) is 2.60. The fourth-order valence-corrected chi connectivity index (χ4v) is 3.58. The normalized spacial score (nSPS) is 11.5. The number of hydrogen-bond acceptors (Lipinski definition) is 3. The summed E-state index contributed by atoms with van der Waals surface area (Å²) in [6.07, 6.45) is 2.29. The van der Waals surface area contributed by atoms with E-state index in [0.29, 0.717) is 31.6 Å². The largest absolute Gasteiger partial charge is 0.493 e. The molecule has 2 aromatic carbocycles. The second-order valence-electron chi connectivity index (χ2n) is 5.87. The molecule has 0 aliphatic rings. The molecule has 0 heterocycles. The molecular formula is C19H24FNO3S. The molecule has 0 radical (unpaired) electrons. The summed E-state index contributed by atoms with van der Waals surface area (Å²) in [6, 6.07) is 11.6. The first kappa shape index (κ1) is 19.4. The monoisotopic (exact) mass is 365 g/mol. The Morgan fingerprint density at radius 3 is 2.64 bits per heavy atom. The third kappa shape index (κ3) is 5.54. The summed E-state index contributed by atoms with van der Waals surface area (Å²) in [6.45, 7) is 4.56. The minimum Gasteiger partial charge on any atom is -0.493 e. The molecule has 136 valence electrons. The van der Waals surface area contributed by atoms with Crippen LogP contribution in [0, 0.1) is 12.7 Å². The number of nitrogens with one attached hydrogen (secondary N) is 1. The lowest BCUT2D eigenvalue weighted by Gasteiger charge is -2.11. The van der Waals surface area contributed by atoms with E-state index in [4.69, 9.17) is 4.74 Å². The number of sulfonamides is 1. The summed E-state index contributed by atoms with van der Waals surface area (Å²) >= 11 is 0. The molecule has 0 spiro atoms. The Labute approximate surface area is 149 Å². The lowest BCUT2D eigenvalue weighted by Crippen LogP contribution is -2.25. The van der Waals surface area contributed by atoms with Gasteiger partial charge in [0.25, 0.3) is 0 Å². The van der Waals surface area contributed by atoms with E-state index in [0.717, 1.165) is 17.7 Å². The summed E-state index contributed by atoms with van der Waals surface area (Å²) in [5, 5.41) is 0. The second kappa shape index (κ2) is 8.97. The first-order chi connectivity index (χ1) is 11.9. The van der Waals surface area contributed by atoms with Crippen LogP contribution in [0.4, 0.5) is 4.39 Å². The van der Waals surface area contributed by atoms with E-state index in [1.54, 1.807) is 6.92 Å². The highest BCUT2D eigenvalue weighted by molar-refractivity contribution is 7.89. The Hall–Kier alpha value is -1.92. The van der Waals surface area contributed by atoms with Gasteiger partial charge in [0.1, 0.15) is 11.6 Å². The molecule has 0 atom stereocenters. The maximum absolute atomic E-state index is 13.3. The van der Waals surface area contributed by atoms with Gasteiger partial charge in [0.15, 0.2) is 0 Å². The number of ether oxygens (including phenoxy) is 1. The summed E-state index contributed by atoms with van der Waals surface area (Å²) in [5.74, 6) is 0.434. The molecule has 2 aromatic rings. The topological polar surface area (TPSA) is 55.4 Å². The molecule has 0 aliphatic carbocycles. The fraction of sp³-hybridized carbons (Fsp3) is 0.368. The van der Waals surface area contributed by atoms with Crippen LogP contribution in [0.5, 0.6) is 5.75 Å². The summed E-state index contributed by atoms with van der Waals surface area (Å²) in [4.78, 5) is 0.0816. The van der Waals surface area contributed by atoms with Crippen LogP contribution < -0.4 is 9.46 Å². The quantitative estimate of drug-likeness (QED) is 0.687. The van der Waals surface area contributed by atoms with Gasteiger partial charge in [0.2, 0.25) is 10.0 Å². The highest BCUT2D eigenvalue weighted by Gasteiger charge is 2.14. The Morgan fingerprint density at radius 1 is 1.16 bits per heavy atom. The lowest BCUT2D eigenvalue weighted by atomic mass is 10.1. The van der Waals surface area contributed by atoms with Gasteiger partial charge < -0.3 is 4.74 Å². The first-order valence-electron chi connectivity index (χ1n) is 8.40. The van der Waals surface area contributed by atoms with Crippen molar-refractivity contribution in [3.05, 3.63) is 59.4 Å². The predicted octanol–water partition coefficient (Wildman–Crippen LogP) is 3.83. The maximum Gasteiger partial charge on any atom is 0.240 e. The molecule has 0 amide bonds. The van der Waals surface area contributed by atoms with Crippen LogP contribution in [0.3, 0.4) is 0 Å². The van der Waals surface area contributed by atoms with Crippen LogP contribution in [-0.2, 0) is 16.4 Å². The molecule has 0 unspecified atom stereocenters. The molecule has 0 aromatic heterocycles. The molecule has 0 bridgehead atoms. The number of benzene rings is 2. The zero-order valence-electron chi connectivity index (χ0n) is 14.6. The molecule has 0 fully saturated rings. The first-order valence-corrected chi connectivity index (χ1v) is 9.89. The van der Waals surface area contributed by atoms with Gasteiger partial charge in [-0.2, -0.15) is 0 Å². The molecule has 0 saturated heterocycles. The predicted molar refractivity (Wildman–Crippen MR) is 96.9 cm³/mol. The zero-order chi connectivity index (χ0) is 18.3. The van der Waals surface area contributed by atoms with Crippen LogP contribution in [0.1, 0.15) is 30.9 Å². The minimum absolute atomic E-state index is 0.0816. The van der Waals surface area contributed by atoms with Crippen molar-refractivity contribution in [3.8, 4) is 5.75 Å². The van der Waals surface area contributed by atoms with Crippen molar-refractivity contribution in [1.82, 2.24) is 4.72 Å². The van der Waals surface area contributed by atoms with Crippen molar-refractivity contribution >= 4 is 10.0 Å². The van der Waals surface area contributed by atoms with Crippen molar-refractivity contribution in [2.45, 2.75) is 38.0 Å². The van der Waals surface area contributed by atoms with Crippen LogP contribution in [0.2, 0.25) is 0 Å². The van der Waals surface area contributed by atoms with E-state index < -0.39 is 15.8 Å². The number of rotatable bonds is 9. The standard InChI is InChI=1S/C19H24FNO3S/c1-3-13-24-19-9-5-4-7-16(19)8-6-12-21-25(22,23)17-10-11-18(20)15(2)14-17/h4-5,7,9-11,14,21H,3,6,8,12-13H2,1-2H3. The Bertz CT molecular complexity index is 806. The molecule has 0 aliphatic heterocycles. The molecule has 2 rings (SSSR count). The second-order valence-corrected chi connectivity index (χ2v) is 7.64. The third-order valence-corrected chi connectivity index (χ3v) is 5.25. The minimum atomic E-state index is -3.63. The van der Waals surface area contributed by atoms with E-state index >= 15 is 0 Å². The zero-order valence-corrected chi connectivity index (χ0v) is 15.4. The van der Waals surface area contributed by atoms with E-state index in [9.17, 15) is 12.8 Å². The SMILES string of the molecule is CCCOc1ccccc1CCCNS(=O)(=O)c1ccc(F)c(C)c1.